The summed E-state index contributed by atoms with van der Waals surface area (Å²) in [5, 5.41) is 0. The Balaban J connectivity index is 2.12. The molecule has 0 aliphatic rings. The lowest BCUT2D eigenvalue weighted by Crippen LogP contribution is -2.13. The van der Waals surface area contributed by atoms with E-state index in [2.05, 4.69) is 0 Å². The first-order chi connectivity index (χ1) is 9.53. The maximum atomic E-state index is 11.7. The average Bonchev–Trinajstić information content (AvgIpc) is 2.48. The minimum Gasteiger partial charge on any atom is -0.324 e. The molecule has 2 aromatic rings. The highest BCUT2D eigenvalue weighted by Gasteiger charge is 2.12. The van der Waals surface area contributed by atoms with E-state index >= 15 is 0 Å². The van der Waals surface area contributed by atoms with Gasteiger partial charge in [-0.05, 0) is 29.7 Å². The minimum absolute atomic E-state index is 0.0789. The number of benzene rings is 2. The van der Waals surface area contributed by atoms with E-state index in [0.29, 0.717) is 11.3 Å². The molecule has 0 saturated heterocycles. The van der Waals surface area contributed by atoms with Gasteiger partial charge in [0.15, 0.2) is 9.84 Å². The molecule has 1 unspecified atom stereocenters. The highest BCUT2D eigenvalue weighted by Crippen LogP contribution is 2.18. The number of nitrogens with two attached hydrogens (primary N) is 1. The summed E-state index contributed by atoms with van der Waals surface area (Å²) in [5.74, 6) is 0.121. The Morgan fingerprint density at radius 2 is 1.60 bits per heavy atom. The van der Waals surface area contributed by atoms with Crippen LogP contribution in [0, 0.1) is 0 Å². The topological polar surface area (TPSA) is 60.2 Å². The highest BCUT2D eigenvalue weighted by atomic mass is 32.2. The highest BCUT2D eigenvalue weighted by molar-refractivity contribution is 7.91. The Hall–Kier alpha value is -1.65. The molecule has 2 N–H and O–H groups in total. The predicted molar refractivity (Wildman–Crippen MR) is 81.2 cm³/mol. The van der Waals surface area contributed by atoms with Crippen LogP contribution < -0.4 is 5.73 Å². The second kappa shape index (κ2) is 6.20. The number of hydrogen-bond acceptors (Lipinski definition) is 3. The Bertz CT molecular complexity index is 649. The van der Waals surface area contributed by atoms with E-state index in [1.807, 2.05) is 42.5 Å². The summed E-state index contributed by atoms with van der Waals surface area (Å²) in [5.41, 5.74) is 8.28. The van der Waals surface area contributed by atoms with Crippen LogP contribution in [0.3, 0.4) is 0 Å². The van der Waals surface area contributed by atoms with Crippen molar-refractivity contribution in [3.63, 3.8) is 0 Å². The summed E-state index contributed by atoms with van der Waals surface area (Å²) >= 11 is 0. The van der Waals surface area contributed by atoms with Gasteiger partial charge in [0.25, 0.3) is 0 Å². The molecule has 2 aromatic carbocycles. The third-order valence-corrected chi connectivity index (χ3v) is 5.10. The fourth-order valence-corrected chi connectivity index (χ4v) is 2.96. The minimum atomic E-state index is -3.13. The fraction of sp³-hybridized carbons (Fsp3) is 0.250. The lowest BCUT2D eigenvalue weighted by molar-refractivity contribution is 0.597. The quantitative estimate of drug-likeness (QED) is 0.920. The van der Waals surface area contributed by atoms with Crippen molar-refractivity contribution in [3.8, 4) is 0 Å². The molecule has 0 amide bonds. The van der Waals surface area contributed by atoms with Crippen LogP contribution in [-0.2, 0) is 16.3 Å². The molecule has 0 aliphatic carbocycles. The second-order valence-corrected chi connectivity index (χ2v) is 7.05. The Morgan fingerprint density at radius 1 is 1.00 bits per heavy atom. The van der Waals surface area contributed by atoms with Crippen molar-refractivity contribution in [2.45, 2.75) is 24.3 Å². The molecular weight excluding hydrogens is 270 g/mol. The summed E-state index contributed by atoms with van der Waals surface area (Å²) in [6.07, 6.45) is 0.691. The van der Waals surface area contributed by atoms with Crippen molar-refractivity contribution < 1.29 is 8.42 Å². The van der Waals surface area contributed by atoms with Crippen LogP contribution in [-0.4, -0.2) is 14.2 Å². The molecule has 106 valence electrons. The summed E-state index contributed by atoms with van der Waals surface area (Å²) in [6, 6.07) is 16.8. The van der Waals surface area contributed by atoms with E-state index in [1.54, 1.807) is 19.1 Å². The molecule has 0 heterocycles. The molecule has 2 rings (SSSR count). The van der Waals surface area contributed by atoms with E-state index in [0.717, 1.165) is 11.1 Å². The number of hydrogen-bond donors (Lipinski definition) is 1. The maximum Gasteiger partial charge on any atom is 0.178 e. The third kappa shape index (κ3) is 3.46. The number of sulfone groups is 1. The summed E-state index contributed by atoms with van der Waals surface area (Å²) in [4.78, 5) is 0.372. The van der Waals surface area contributed by atoms with Crippen molar-refractivity contribution >= 4 is 9.84 Å². The second-order valence-electron chi connectivity index (χ2n) is 4.77. The van der Waals surface area contributed by atoms with Crippen molar-refractivity contribution in [1.82, 2.24) is 0 Å². The zero-order valence-corrected chi connectivity index (χ0v) is 12.3. The Morgan fingerprint density at radius 3 is 2.15 bits per heavy atom. The van der Waals surface area contributed by atoms with Crippen LogP contribution in [0.4, 0.5) is 0 Å². The molecule has 0 aliphatic heterocycles. The van der Waals surface area contributed by atoms with Gasteiger partial charge in [0, 0.05) is 6.04 Å². The van der Waals surface area contributed by atoms with Gasteiger partial charge < -0.3 is 5.73 Å². The van der Waals surface area contributed by atoms with Gasteiger partial charge in [-0.3, -0.25) is 0 Å². The van der Waals surface area contributed by atoms with Crippen LogP contribution in [0.5, 0.6) is 0 Å². The third-order valence-electron chi connectivity index (χ3n) is 3.35. The van der Waals surface area contributed by atoms with Gasteiger partial charge in [-0.1, -0.05) is 49.4 Å². The van der Waals surface area contributed by atoms with Crippen LogP contribution >= 0.6 is 0 Å². The summed E-state index contributed by atoms with van der Waals surface area (Å²) in [7, 11) is -3.13. The van der Waals surface area contributed by atoms with E-state index < -0.39 is 9.84 Å². The average molecular weight is 289 g/mol. The molecule has 0 radical (unpaired) electrons. The van der Waals surface area contributed by atoms with Crippen LogP contribution in [0.1, 0.15) is 24.1 Å². The van der Waals surface area contributed by atoms with Gasteiger partial charge in [0.2, 0.25) is 0 Å². The Kier molecular flexibility index (Phi) is 4.57. The summed E-state index contributed by atoms with van der Waals surface area (Å²) < 4.78 is 23.5. The molecule has 3 nitrogen and oxygen atoms in total. The van der Waals surface area contributed by atoms with E-state index in [9.17, 15) is 8.42 Å². The van der Waals surface area contributed by atoms with Gasteiger partial charge >= 0.3 is 0 Å². The zero-order valence-electron chi connectivity index (χ0n) is 11.5. The lowest BCUT2D eigenvalue weighted by Gasteiger charge is -2.12. The molecule has 0 aromatic heterocycles. The standard InChI is InChI=1S/C16H19NO2S/c1-2-20(18,19)15-10-8-13(9-11-15)12-16(17)14-6-4-3-5-7-14/h3-11,16H,2,12,17H2,1H3. The first-order valence-corrected chi connectivity index (χ1v) is 8.30. The van der Waals surface area contributed by atoms with E-state index in [4.69, 9.17) is 5.73 Å². The van der Waals surface area contributed by atoms with E-state index in [1.165, 1.54) is 0 Å². The normalized spacial score (nSPS) is 13.1. The molecule has 0 saturated carbocycles. The van der Waals surface area contributed by atoms with Gasteiger partial charge in [-0.25, -0.2) is 8.42 Å². The molecule has 0 spiro atoms. The summed E-state index contributed by atoms with van der Waals surface area (Å²) in [6.45, 7) is 1.65. The molecule has 20 heavy (non-hydrogen) atoms. The predicted octanol–water partition coefficient (Wildman–Crippen LogP) is 2.72. The lowest BCUT2D eigenvalue weighted by atomic mass is 10.00. The molecular formula is C16H19NO2S. The van der Waals surface area contributed by atoms with Crippen molar-refractivity contribution in [2.75, 3.05) is 5.75 Å². The monoisotopic (exact) mass is 289 g/mol. The largest absolute Gasteiger partial charge is 0.324 e. The van der Waals surface area contributed by atoms with Crippen molar-refractivity contribution in [3.05, 3.63) is 65.7 Å². The number of rotatable bonds is 5. The van der Waals surface area contributed by atoms with E-state index in [-0.39, 0.29) is 11.8 Å². The smallest absolute Gasteiger partial charge is 0.178 e. The van der Waals surface area contributed by atoms with Crippen LogP contribution in [0.2, 0.25) is 0 Å². The first kappa shape index (κ1) is 14.8. The van der Waals surface area contributed by atoms with Crippen molar-refractivity contribution in [1.29, 1.82) is 0 Å². The molecule has 4 heteroatoms. The van der Waals surface area contributed by atoms with Gasteiger partial charge in [0.05, 0.1) is 10.6 Å². The van der Waals surface area contributed by atoms with Crippen molar-refractivity contribution in [2.24, 2.45) is 5.73 Å². The molecule has 0 fully saturated rings. The van der Waals surface area contributed by atoms with Gasteiger partial charge in [-0.2, -0.15) is 0 Å². The van der Waals surface area contributed by atoms with Crippen LogP contribution in [0.15, 0.2) is 59.5 Å². The Labute approximate surface area is 120 Å². The first-order valence-electron chi connectivity index (χ1n) is 6.65. The maximum absolute atomic E-state index is 11.7. The molecule has 0 bridgehead atoms. The van der Waals surface area contributed by atoms with Gasteiger partial charge in [0.1, 0.15) is 0 Å². The van der Waals surface area contributed by atoms with Crippen LogP contribution in [0.25, 0.3) is 0 Å². The zero-order chi connectivity index (χ0) is 14.6. The molecule has 1 atom stereocenters. The van der Waals surface area contributed by atoms with Gasteiger partial charge in [-0.15, -0.1) is 0 Å². The SMILES string of the molecule is CCS(=O)(=O)c1ccc(CC(N)c2ccccc2)cc1. The fourth-order valence-electron chi connectivity index (χ4n) is 2.07.